The van der Waals surface area contributed by atoms with Gasteiger partial charge in [-0.2, -0.15) is 0 Å². The normalized spacial score (nSPS) is 10.7. The lowest BCUT2D eigenvalue weighted by molar-refractivity contribution is 0.825. The van der Waals surface area contributed by atoms with Crippen LogP contribution in [0.1, 0.15) is 4.88 Å². The molecular weight excluding hydrogens is 280 g/mol. The third kappa shape index (κ3) is 2.06. The van der Waals surface area contributed by atoms with Crippen molar-refractivity contribution in [3.05, 3.63) is 27.0 Å². The minimum Gasteiger partial charge on any atom is -0.315 e. The smallest absolute Gasteiger partial charge is 0.135 e. The molecule has 0 aromatic carbocycles. The Kier molecular flexibility index (Phi) is 3.33. The zero-order valence-corrected chi connectivity index (χ0v) is 10.8. The van der Waals surface area contributed by atoms with Gasteiger partial charge in [-0.1, -0.05) is 6.07 Å². The first kappa shape index (κ1) is 10.3. The summed E-state index contributed by atoms with van der Waals surface area (Å²) in [7, 11) is 1.94. The van der Waals surface area contributed by atoms with Crippen molar-refractivity contribution < 1.29 is 0 Å². The molecule has 0 aliphatic heterocycles. The second kappa shape index (κ2) is 4.53. The largest absolute Gasteiger partial charge is 0.315 e. The third-order valence-electron chi connectivity index (χ3n) is 1.72. The summed E-state index contributed by atoms with van der Waals surface area (Å²) in [6.07, 6.45) is 0. The van der Waals surface area contributed by atoms with Gasteiger partial charge in [0.2, 0.25) is 0 Å². The van der Waals surface area contributed by atoms with Crippen LogP contribution in [0, 0.1) is 0 Å². The molecule has 0 saturated carbocycles. The van der Waals surface area contributed by atoms with Gasteiger partial charge in [-0.3, -0.25) is 0 Å². The molecule has 0 unspecified atom stereocenters. The van der Waals surface area contributed by atoms with Crippen molar-refractivity contribution in [2.75, 3.05) is 7.05 Å². The monoisotopic (exact) mass is 288 g/mol. The maximum Gasteiger partial charge on any atom is 0.135 e. The molecule has 0 aliphatic carbocycles. The van der Waals surface area contributed by atoms with Gasteiger partial charge in [0.15, 0.2) is 0 Å². The Morgan fingerprint density at radius 3 is 3.07 bits per heavy atom. The Balaban J connectivity index is 2.33. The minimum absolute atomic E-state index is 0.865. The quantitative estimate of drug-likeness (QED) is 0.937. The highest BCUT2D eigenvalue weighted by Gasteiger charge is 2.09. The zero-order chi connectivity index (χ0) is 9.97. The average molecular weight is 289 g/mol. The van der Waals surface area contributed by atoms with E-state index >= 15 is 0 Å². The van der Waals surface area contributed by atoms with Crippen LogP contribution in [0.5, 0.6) is 0 Å². The van der Waals surface area contributed by atoms with E-state index < -0.39 is 0 Å². The van der Waals surface area contributed by atoms with E-state index in [1.54, 1.807) is 22.7 Å². The first-order chi connectivity index (χ1) is 6.81. The van der Waals surface area contributed by atoms with Crippen molar-refractivity contribution in [2.24, 2.45) is 0 Å². The number of nitrogens with one attached hydrogen (secondary N) is 1. The molecule has 2 nitrogen and oxygen atoms in total. The van der Waals surface area contributed by atoms with Crippen LogP contribution >= 0.6 is 38.6 Å². The Hall–Kier alpha value is -0.230. The van der Waals surface area contributed by atoms with E-state index in [1.807, 2.05) is 13.1 Å². The Morgan fingerprint density at radius 2 is 2.43 bits per heavy atom. The van der Waals surface area contributed by atoms with Gasteiger partial charge < -0.3 is 5.32 Å². The molecule has 2 rings (SSSR count). The highest BCUT2D eigenvalue weighted by Crippen LogP contribution is 2.33. The van der Waals surface area contributed by atoms with E-state index in [1.165, 1.54) is 9.75 Å². The highest BCUT2D eigenvalue weighted by atomic mass is 79.9. The van der Waals surface area contributed by atoms with Gasteiger partial charge in [-0.25, -0.2) is 4.98 Å². The minimum atomic E-state index is 0.865. The lowest BCUT2D eigenvalue weighted by Crippen LogP contribution is -2.03. The number of aromatic nitrogens is 1. The summed E-state index contributed by atoms with van der Waals surface area (Å²) in [5.41, 5.74) is 0. The first-order valence-corrected chi connectivity index (χ1v) is 6.64. The number of nitrogens with zero attached hydrogens (tertiary/aromatic N) is 1. The highest BCUT2D eigenvalue weighted by molar-refractivity contribution is 9.10. The molecule has 0 saturated heterocycles. The standard InChI is InChI=1S/C9H9BrN2S2/c1-11-5-7-8(10)12-9(14-7)6-3-2-4-13-6/h2-4,11H,5H2,1H3. The van der Waals surface area contributed by atoms with E-state index in [9.17, 15) is 0 Å². The fourth-order valence-corrected chi connectivity index (χ4v) is 3.55. The molecule has 2 aromatic rings. The van der Waals surface area contributed by atoms with Gasteiger partial charge in [0.1, 0.15) is 9.61 Å². The Bertz CT molecular complexity index is 408. The Labute approximate surface area is 99.1 Å². The third-order valence-corrected chi connectivity index (χ3v) is 4.73. The zero-order valence-electron chi connectivity index (χ0n) is 7.58. The summed E-state index contributed by atoms with van der Waals surface area (Å²) in [4.78, 5) is 6.96. The van der Waals surface area contributed by atoms with E-state index in [4.69, 9.17) is 0 Å². The van der Waals surface area contributed by atoms with Gasteiger partial charge in [0, 0.05) is 6.54 Å². The van der Waals surface area contributed by atoms with Gasteiger partial charge in [-0.15, -0.1) is 22.7 Å². The predicted octanol–water partition coefficient (Wildman–Crippen LogP) is 3.35. The number of rotatable bonds is 3. The lowest BCUT2D eigenvalue weighted by Gasteiger charge is -1.92. The van der Waals surface area contributed by atoms with Gasteiger partial charge in [-0.05, 0) is 34.4 Å². The molecule has 74 valence electrons. The van der Waals surface area contributed by atoms with Crippen molar-refractivity contribution in [3.63, 3.8) is 0 Å². The van der Waals surface area contributed by atoms with Crippen LogP contribution < -0.4 is 5.32 Å². The van der Waals surface area contributed by atoms with Crippen LogP contribution in [0.3, 0.4) is 0 Å². The molecule has 0 radical (unpaired) electrons. The number of thiazole rings is 1. The van der Waals surface area contributed by atoms with Gasteiger partial charge in [0.05, 0.1) is 9.75 Å². The molecule has 0 amide bonds. The number of halogens is 1. The van der Waals surface area contributed by atoms with Crippen LogP contribution in [0.4, 0.5) is 0 Å². The molecule has 2 aromatic heterocycles. The summed E-state index contributed by atoms with van der Waals surface area (Å²) in [5, 5.41) is 6.29. The molecule has 1 N–H and O–H groups in total. The molecule has 0 spiro atoms. The average Bonchev–Trinajstić information content (AvgIpc) is 2.76. The summed E-state index contributed by atoms with van der Waals surface area (Å²) in [6.45, 7) is 0.865. The molecule has 5 heteroatoms. The van der Waals surface area contributed by atoms with Crippen molar-refractivity contribution in [1.82, 2.24) is 10.3 Å². The Morgan fingerprint density at radius 1 is 1.57 bits per heavy atom. The van der Waals surface area contributed by atoms with Crippen LogP contribution in [0.25, 0.3) is 9.88 Å². The molecule has 2 heterocycles. The van der Waals surface area contributed by atoms with Crippen LogP contribution in [-0.4, -0.2) is 12.0 Å². The molecule has 0 aliphatic rings. The van der Waals surface area contributed by atoms with Crippen molar-refractivity contribution >= 4 is 38.6 Å². The van der Waals surface area contributed by atoms with Gasteiger partial charge >= 0.3 is 0 Å². The topological polar surface area (TPSA) is 24.9 Å². The lowest BCUT2D eigenvalue weighted by atomic mass is 10.5. The van der Waals surface area contributed by atoms with E-state index in [-0.39, 0.29) is 0 Å². The summed E-state index contributed by atoms with van der Waals surface area (Å²) < 4.78 is 0.959. The maximum atomic E-state index is 4.48. The molecule has 14 heavy (non-hydrogen) atoms. The summed E-state index contributed by atoms with van der Waals surface area (Å²) in [6, 6.07) is 4.14. The number of thiophene rings is 1. The second-order valence-electron chi connectivity index (χ2n) is 2.74. The second-order valence-corrected chi connectivity index (χ2v) is 5.52. The van der Waals surface area contributed by atoms with Crippen LogP contribution in [0.2, 0.25) is 0 Å². The predicted molar refractivity (Wildman–Crippen MR) is 65.9 cm³/mol. The number of hydrogen-bond acceptors (Lipinski definition) is 4. The molecular formula is C9H9BrN2S2. The van der Waals surface area contributed by atoms with Crippen molar-refractivity contribution in [1.29, 1.82) is 0 Å². The fourth-order valence-electron chi connectivity index (χ4n) is 1.11. The van der Waals surface area contributed by atoms with Crippen LogP contribution in [0.15, 0.2) is 22.1 Å². The summed E-state index contributed by atoms with van der Waals surface area (Å²) >= 11 is 6.92. The SMILES string of the molecule is CNCc1sc(-c2cccs2)nc1Br. The maximum absolute atomic E-state index is 4.48. The van der Waals surface area contributed by atoms with E-state index in [0.29, 0.717) is 0 Å². The number of hydrogen-bond donors (Lipinski definition) is 1. The summed E-state index contributed by atoms with van der Waals surface area (Å²) in [5.74, 6) is 0. The van der Waals surface area contributed by atoms with Crippen molar-refractivity contribution in [2.45, 2.75) is 6.54 Å². The fraction of sp³-hybridized carbons (Fsp3) is 0.222. The van der Waals surface area contributed by atoms with Crippen molar-refractivity contribution in [3.8, 4) is 9.88 Å². The van der Waals surface area contributed by atoms with Gasteiger partial charge in [0.25, 0.3) is 0 Å². The molecule has 0 bridgehead atoms. The molecule has 0 atom stereocenters. The van der Waals surface area contributed by atoms with Crippen LogP contribution in [-0.2, 0) is 6.54 Å². The first-order valence-electron chi connectivity index (χ1n) is 4.15. The van der Waals surface area contributed by atoms with E-state index in [2.05, 4.69) is 37.7 Å². The molecule has 0 fully saturated rings. The van der Waals surface area contributed by atoms with E-state index in [0.717, 1.165) is 16.2 Å².